The van der Waals surface area contributed by atoms with E-state index in [-0.39, 0.29) is 11.5 Å². The number of carbonyl (C=O) groups excluding carboxylic acids is 2. The second-order valence-corrected chi connectivity index (χ2v) is 4.93. The van der Waals surface area contributed by atoms with E-state index in [1.165, 1.54) is 0 Å². The highest BCUT2D eigenvalue weighted by Crippen LogP contribution is 2.24. The molecule has 10 nitrogen and oxygen atoms in total. The smallest absolute Gasteiger partial charge is 0.328 e. The van der Waals surface area contributed by atoms with Crippen molar-refractivity contribution in [2.75, 3.05) is 7.11 Å². The lowest BCUT2D eigenvalue weighted by Crippen LogP contribution is -2.45. The summed E-state index contributed by atoms with van der Waals surface area (Å²) < 4.78 is 4.56. The van der Waals surface area contributed by atoms with E-state index in [0.29, 0.717) is 6.07 Å². The fourth-order valence-corrected chi connectivity index (χ4v) is 1.82. The lowest BCUT2D eigenvalue weighted by Gasteiger charge is -2.19. The monoisotopic (exact) mass is 325 g/mol. The molecule has 1 unspecified atom stereocenters. The summed E-state index contributed by atoms with van der Waals surface area (Å²) in [6.07, 6.45) is 0. The average Bonchev–Trinajstić information content (AvgIpc) is 2.50. The van der Waals surface area contributed by atoms with Crippen molar-refractivity contribution < 1.29 is 24.2 Å². The van der Waals surface area contributed by atoms with E-state index in [1.54, 1.807) is 13.8 Å². The highest BCUT2D eigenvalue weighted by Gasteiger charge is 2.29. The molecular formula is C13H15N3O7. The van der Waals surface area contributed by atoms with Crippen molar-refractivity contribution >= 4 is 23.3 Å². The number of ether oxygens (including phenoxy) is 1. The van der Waals surface area contributed by atoms with Gasteiger partial charge in [-0.05, 0) is 12.0 Å². The van der Waals surface area contributed by atoms with E-state index < -0.39 is 39.1 Å². The summed E-state index contributed by atoms with van der Waals surface area (Å²) in [4.78, 5) is 43.8. The first-order valence-corrected chi connectivity index (χ1v) is 6.50. The molecule has 0 saturated carbocycles. The molecule has 1 aromatic rings. The van der Waals surface area contributed by atoms with Crippen LogP contribution < -0.4 is 5.32 Å². The van der Waals surface area contributed by atoms with Gasteiger partial charge in [0.15, 0.2) is 0 Å². The Morgan fingerprint density at radius 1 is 1.17 bits per heavy atom. The van der Waals surface area contributed by atoms with Gasteiger partial charge in [-0.3, -0.25) is 25.0 Å². The molecule has 0 aliphatic heterocycles. The third-order valence-electron chi connectivity index (χ3n) is 3.04. The van der Waals surface area contributed by atoms with Crippen LogP contribution in [-0.4, -0.2) is 34.9 Å². The van der Waals surface area contributed by atoms with Gasteiger partial charge in [-0.25, -0.2) is 4.79 Å². The molecule has 0 aliphatic carbocycles. The summed E-state index contributed by atoms with van der Waals surface area (Å²) in [7, 11) is 1.15. The Bertz CT molecular complexity index is 657. The molecule has 124 valence electrons. The van der Waals surface area contributed by atoms with Crippen LogP contribution in [0, 0.1) is 26.1 Å². The van der Waals surface area contributed by atoms with Crippen LogP contribution in [0.5, 0.6) is 0 Å². The molecule has 0 fully saturated rings. The molecule has 0 aliphatic rings. The van der Waals surface area contributed by atoms with Crippen molar-refractivity contribution in [3.8, 4) is 0 Å². The lowest BCUT2D eigenvalue weighted by molar-refractivity contribution is -0.394. The number of benzene rings is 1. The van der Waals surface area contributed by atoms with Gasteiger partial charge < -0.3 is 10.1 Å². The van der Waals surface area contributed by atoms with Crippen molar-refractivity contribution in [3.05, 3.63) is 44.0 Å². The topological polar surface area (TPSA) is 142 Å². The van der Waals surface area contributed by atoms with E-state index in [4.69, 9.17) is 0 Å². The lowest BCUT2D eigenvalue weighted by atomic mass is 10.0. The van der Waals surface area contributed by atoms with Crippen LogP contribution in [-0.2, 0) is 9.53 Å². The molecule has 0 bridgehead atoms. The summed E-state index contributed by atoms with van der Waals surface area (Å²) in [5.74, 6) is -1.91. The quantitative estimate of drug-likeness (QED) is 0.473. The van der Waals surface area contributed by atoms with Crippen molar-refractivity contribution in [3.63, 3.8) is 0 Å². The zero-order chi connectivity index (χ0) is 17.7. The number of amides is 1. The number of nitrogens with one attached hydrogen (secondary N) is 1. The molecule has 1 rings (SSSR count). The van der Waals surface area contributed by atoms with Crippen LogP contribution >= 0.6 is 0 Å². The summed E-state index contributed by atoms with van der Waals surface area (Å²) in [6, 6.07) is 1.64. The first-order valence-electron chi connectivity index (χ1n) is 6.50. The summed E-state index contributed by atoms with van der Waals surface area (Å²) >= 11 is 0. The number of nitrogens with zero attached hydrogens (tertiary/aromatic N) is 2. The van der Waals surface area contributed by atoms with Gasteiger partial charge in [-0.1, -0.05) is 13.8 Å². The minimum atomic E-state index is -0.998. The van der Waals surface area contributed by atoms with Gasteiger partial charge in [0.1, 0.15) is 11.6 Å². The van der Waals surface area contributed by atoms with E-state index in [1.807, 2.05) is 0 Å². The second kappa shape index (κ2) is 7.29. The van der Waals surface area contributed by atoms with Crippen molar-refractivity contribution in [1.29, 1.82) is 0 Å². The van der Waals surface area contributed by atoms with Gasteiger partial charge in [-0.15, -0.1) is 0 Å². The van der Waals surface area contributed by atoms with Crippen LogP contribution in [0.15, 0.2) is 18.2 Å². The largest absolute Gasteiger partial charge is 0.467 e. The summed E-state index contributed by atoms with van der Waals surface area (Å²) in [6.45, 7) is 3.32. The van der Waals surface area contributed by atoms with E-state index in [2.05, 4.69) is 10.1 Å². The maximum Gasteiger partial charge on any atom is 0.328 e. The van der Waals surface area contributed by atoms with Gasteiger partial charge >= 0.3 is 5.97 Å². The number of hydrogen-bond donors (Lipinski definition) is 1. The maximum atomic E-state index is 12.2. The van der Waals surface area contributed by atoms with Crippen LogP contribution in [0.3, 0.4) is 0 Å². The average molecular weight is 325 g/mol. The maximum absolute atomic E-state index is 12.2. The minimum absolute atomic E-state index is 0.316. The highest BCUT2D eigenvalue weighted by molar-refractivity contribution is 6.00. The molecule has 0 spiro atoms. The van der Waals surface area contributed by atoms with Crippen LogP contribution in [0.2, 0.25) is 0 Å². The standard InChI is InChI=1S/C13H15N3O7/c1-7(2)11(13(18)23-3)14-12(17)9-5-4-8(15(19)20)6-10(9)16(21)22/h4-7,11H,1-3H3,(H,14,17). The molecule has 1 atom stereocenters. The van der Waals surface area contributed by atoms with Crippen LogP contribution in [0.4, 0.5) is 11.4 Å². The third kappa shape index (κ3) is 4.22. The number of methoxy groups -OCH3 is 1. The Morgan fingerprint density at radius 3 is 2.22 bits per heavy atom. The normalized spacial score (nSPS) is 11.7. The van der Waals surface area contributed by atoms with Gasteiger partial charge in [0.2, 0.25) is 0 Å². The Balaban J connectivity index is 3.19. The van der Waals surface area contributed by atoms with Crippen molar-refractivity contribution in [2.24, 2.45) is 5.92 Å². The van der Waals surface area contributed by atoms with E-state index >= 15 is 0 Å². The van der Waals surface area contributed by atoms with Crippen LogP contribution in [0.25, 0.3) is 0 Å². The van der Waals surface area contributed by atoms with Gasteiger partial charge in [0, 0.05) is 6.07 Å². The Labute approximate surface area is 130 Å². The molecule has 0 aromatic heterocycles. The Hall–Kier alpha value is -3.04. The summed E-state index contributed by atoms with van der Waals surface area (Å²) in [5.41, 5.74) is -1.61. The van der Waals surface area contributed by atoms with Gasteiger partial charge in [0.25, 0.3) is 17.3 Å². The third-order valence-corrected chi connectivity index (χ3v) is 3.04. The molecule has 1 N–H and O–H groups in total. The first kappa shape index (κ1) is 18.0. The van der Waals surface area contributed by atoms with Gasteiger partial charge in [-0.2, -0.15) is 0 Å². The number of non-ortho nitro benzene ring substituents is 1. The molecule has 0 heterocycles. The minimum Gasteiger partial charge on any atom is -0.467 e. The highest BCUT2D eigenvalue weighted by atomic mass is 16.6. The number of rotatable bonds is 6. The number of hydrogen-bond acceptors (Lipinski definition) is 7. The first-order chi connectivity index (χ1) is 10.7. The Kier molecular flexibility index (Phi) is 5.71. The molecule has 10 heteroatoms. The fraction of sp³-hybridized carbons (Fsp3) is 0.385. The predicted molar refractivity (Wildman–Crippen MR) is 77.9 cm³/mol. The predicted octanol–water partition coefficient (Wildman–Crippen LogP) is 1.43. The van der Waals surface area contributed by atoms with E-state index in [0.717, 1.165) is 19.2 Å². The molecular weight excluding hydrogens is 310 g/mol. The zero-order valence-electron chi connectivity index (χ0n) is 12.6. The van der Waals surface area contributed by atoms with Gasteiger partial charge in [0.05, 0.1) is 23.0 Å². The van der Waals surface area contributed by atoms with Crippen molar-refractivity contribution in [2.45, 2.75) is 19.9 Å². The second-order valence-electron chi connectivity index (χ2n) is 4.93. The molecule has 0 radical (unpaired) electrons. The number of esters is 1. The van der Waals surface area contributed by atoms with E-state index in [9.17, 15) is 29.8 Å². The SMILES string of the molecule is COC(=O)C(NC(=O)c1ccc([N+](=O)[O-])cc1[N+](=O)[O-])C(C)C. The number of nitro groups is 2. The van der Waals surface area contributed by atoms with Crippen molar-refractivity contribution in [1.82, 2.24) is 5.32 Å². The number of nitro benzene ring substituents is 2. The molecule has 23 heavy (non-hydrogen) atoms. The fourth-order valence-electron chi connectivity index (χ4n) is 1.82. The van der Waals surface area contributed by atoms with Crippen LogP contribution in [0.1, 0.15) is 24.2 Å². The Morgan fingerprint density at radius 2 is 1.78 bits per heavy atom. The zero-order valence-corrected chi connectivity index (χ0v) is 12.6. The number of carbonyl (C=O) groups is 2. The molecule has 1 amide bonds. The summed E-state index contributed by atoms with van der Waals surface area (Å²) in [5, 5.41) is 24.0. The molecule has 1 aromatic carbocycles. The molecule has 0 saturated heterocycles.